The highest BCUT2D eigenvalue weighted by Crippen LogP contribution is 2.16. The number of hydrogen-bond donors (Lipinski definition) is 1. The fraction of sp³-hybridized carbons (Fsp3) is 0.579. The summed E-state index contributed by atoms with van der Waals surface area (Å²) in [5.74, 6) is -0.356. The third kappa shape index (κ3) is 5.53. The van der Waals surface area contributed by atoms with Gasteiger partial charge in [-0.3, -0.25) is 9.59 Å². The van der Waals surface area contributed by atoms with Crippen LogP contribution in [0.5, 0.6) is 0 Å². The van der Waals surface area contributed by atoms with Gasteiger partial charge in [0.2, 0.25) is 15.9 Å². The predicted octanol–water partition coefficient (Wildman–Crippen LogP) is 0.0747. The van der Waals surface area contributed by atoms with Crippen molar-refractivity contribution in [1.29, 1.82) is 0 Å². The maximum atomic E-state index is 12.8. The van der Waals surface area contributed by atoms with Crippen LogP contribution in [0.25, 0.3) is 0 Å². The second kappa shape index (κ2) is 9.66. The fourth-order valence-corrected chi connectivity index (χ4v) is 4.56. The molecule has 2 fully saturated rings. The molecule has 2 amide bonds. The zero-order valence-corrected chi connectivity index (χ0v) is 17.3. The van der Waals surface area contributed by atoms with Crippen LogP contribution in [0, 0.1) is 0 Å². The topological polar surface area (TPSA) is 105 Å². The van der Waals surface area contributed by atoms with Crippen LogP contribution >= 0.6 is 0 Å². The Hall–Kier alpha value is -2.01. The molecule has 10 heteroatoms. The van der Waals surface area contributed by atoms with Gasteiger partial charge in [-0.1, -0.05) is 6.07 Å². The first-order chi connectivity index (χ1) is 13.9. The molecule has 1 aromatic carbocycles. The Morgan fingerprint density at radius 1 is 1.21 bits per heavy atom. The van der Waals surface area contributed by atoms with Gasteiger partial charge in [-0.2, -0.15) is 0 Å². The van der Waals surface area contributed by atoms with Crippen LogP contribution in [0.1, 0.15) is 23.2 Å². The number of benzene rings is 1. The molecule has 2 aliphatic rings. The van der Waals surface area contributed by atoms with Gasteiger partial charge in [0.25, 0.3) is 5.91 Å². The van der Waals surface area contributed by atoms with Crippen LogP contribution in [0.15, 0.2) is 29.2 Å². The summed E-state index contributed by atoms with van der Waals surface area (Å²) in [7, 11) is -2.26. The summed E-state index contributed by atoms with van der Waals surface area (Å²) in [6.45, 7) is 2.53. The van der Waals surface area contributed by atoms with Crippen molar-refractivity contribution in [2.24, 2.45) is 0 Å². The third-order valence-electron chi connectivity index (χ3n) is 5.10. The summed E-state index contributed by atoms with van der Waals surface area (Å²) in [6.07, 6.45) is 1.66. The van der Waals surface area contributed by atoms with Crippen molar-refractivity contribution in [1.82, 2.24) is 14.5 Å². The van der Waals surface area contributed by atoms with E-state index in [0.717, 1.165) is 12.8 Å². The zero-order chi connectivity index (χ0) is 20.9. The van der Waals surface area contributed by atoms with Crippen molar-refractivity contribution < 1.29 is 27.5 Å². The van der Waals surface area contributed by atoms with E-state index in [1.165, 1.54) is 19.2 Å². The smallest absolute Gasteiger partial charge is 0.254 e. The maximum absolute atomic E-state index is 12.8. The lowest BCUT2D eigenvalue weighted by Gasteiger charge is -2.34. The Morgan fingerprint density at radius 2 is 1.93 bits per heavy atom. The number of carbonyl (C=O) groups excluding carboxylic acids is 2. The number of amides is 2. The second-order valence-corrected chi connectivity index (χ2v) is 8.89. The molecule has 9 nitrogen and oxygen atoms in total. The van der Waals surface area contributed by atoms with Crippen LogP contribution < -0.4 is 4.72 Å². The van der Waals surface area contributed by atoms with Crippen LogP contribution in [0.3, 0.4) is 0 Å². The molecule has 29 heavy (non-hydrogen) atoms. The van der Waals surface area contributed by atoms with Gasteiger partial charge < -0.3 is 19.3 Å². The van der Waals surface area contributed by atoms with Crippen molar-refractivity contribution >= 4 is 21.8 Å². The zero-order valence-electron chi connectivity index (χ0n) is 16.5. The van der Waals surface area contributed by atoms with E-state index in [0.29, 0.717) is 38.3 Å². The van der Waals surface area contributed by atoms with E-state index >= 15 is 0 Å². The normalized spacial score (nSPS) is 20.1. The Labute approximate surface area is 171 Å². The molecule has 1 aromatic rings. The Kier molecular flexibility index (Phi) is 7.23. The van der Waals surface area contributed by atoms with Crippen LogP contribution in [0.4, 0.5) is 0 Å². The van der Waals surface area contributed by atoms with Crippen LogP contribution in [-0.2, 0) is 24.3 Å². The third-order valence-corrected chi connectivity index (χ3v) is 6.52. The van der Waals surface area contributed by atoms with Crippen LogP contribution in [-0.4, -0.2) is 89.2 Å². The lowest BCUT2D eigenvalue weighted by atomic mass is 10.2. The van der Waals surface area contributed by atoms with E-state index in [2.05, 4.69) is 4.72 Å². The first-order valence-corrected chi connectivity index (χ1v) is 11.2. The number of carbonyl (C=O) groups is 2. The fourth-order valence-electron chi connectivity index (χ4n) is 3.44. The van der Waals surface area contributed by atoms with Crippen LogP contribution in [0.2, 0.25) is 0 Å². The SMILES string of the molecule is COCC(=O)N1CCN(C(=O)c2cccc(S(=O)(=O)NC[C@@H]3CCCO3)c2)CC1. The monoisotopic (exact) mass is 425 g/mol. The van der Waals surface area contributed by atoms with Gasteiger partial charge in [-0.15, -0.1) is 0 Å². The molecule has 0 bridgehead atoms. The minimum atomic E-state index is -3.73. The highest BCUT2D eigenvalue weighted by Gasteiger charge is 2.26. The molecule has 0 unspecified atom stereocenters. The molecule has 1 atom stereocenters. The minimum Gasteiger partial charge on any atom is -0.377 e. The predicted molar refractivity (Wildman–Crippen MR) is 105 cm³/mol. The highest BCUT2D eigenvalue weighted by molar-refractivity contribution is 7.89. The van der Waals surface area contributed by atoms with E-state index in [9.17, 15) is 18.0 Å². The number of methoxy groups -OCH3 is 1. The number of ether oxygens (including phenoxy) is 2. The van der Waals surface area contributed by atoms with Gasteiger partial charge in [0, 0.05) is 52.0 Å². The summed E-state index contributed by atoms with van der Waals surface area (Å²) < 4.78 is 38.0. The molecule has 1 N–H and O–H groups in total. The van der Waals surface area contributed by atoms with E-state index < -0.39 is 10.0 Å². The van der Waals surface area contributed by atoms with Gasteiger partial charge in [0.05, 0.1) is 11.0 Å². The number of piperazine rings is 1. The average Bonchev–Trinajstić information content (AvgIpc) is 3.26. The van der Waals surface area contributed by atoms with Gasteiger partial charge in [-0.25, -0.2) is 13.1 Å². The maximum Gasteiger partial charge on any atom is 0.254 e. The first kappa shape index (κ1) is 21.7. The van der Waals surface area contributed by atoms with Gasteiger partial charge in [-0.05, 0) is 31.0 Å². The van der Waals surface area contributed by atoms with Crippen molar-refractivity contribution in [3.05, 3.63) is 29.8 Å². The molecule has 2 aliphatic heterocycles. The Balaban J connectivity index is 1.61. The highest BCUT2D eigenvalue weighted by atomic mass is 32.2. The lowest BCUT2D eigenvalue weighted by Crippen LogP contribution is -2.51. The lowest BCUT2D eigenvalue weighted by molar-refractivity contribution is -0.136. The molecule has 0 saturated carbocycles. The van der Waals surface area contributed by atoms with Crippen molar-refractivity contribution in [2.75, 3.05) is 53.0 Å². The minimum absolute atomic E-state index is 0.0206. The largest absolute Gasteiger partial charge is 0.377 e. The van der Waals surface area contributed by atoms with Gasteiger partial charge >= 0.3 is 0 Å². The van der Waals surface area contributed by atoms with Crippen molar-refractivity contribution in [3.63, 3.8) is 0 Å². The number of nitrogens with zero attached hydrogens (tertiary/aromatic N) is 2. The molecule has 3 rings (SSSR count). The standard InChI is InChI=1S/C19H27N3O6S/c1-27-14-18(23)21-7-9-22(10-8-21)19(24)15-4-2-6-17(12-15)29(25,26)20-13-16-5-3-11-28-16/h2,4,6,12,16,20H,3,5,7-11,13-14H2,1H3/t16-/m0/s1. The molecular formula is C19H27N3O6S. The van der Waals surface area contributed by atoms with Gasteiger partial charge in [0.15, 0.2) is 0 Å². The summed E-state index contributed by atoms with van der Waals surface area (Å²) in [4.78, 5) is 28.0. The van der Waals surface area contributed by atoms with Gasteiger partial charge in [0.1, 0.15) is 6.61 Å². The molecular weight excluding hydrogens is 398 g/mol. The molecule has 160 valence electrons. The molecule has 0 spiro atoms. The second-order valence-electron chi connectivity index (χ2n) is 7.12. The summed E-state index contributed by atoms with van der Waals surface area (Å²) in [5, 5.41) is 0. The van der Waals surface area contributed by atoms with E-state index in [1.807, 2.05) is 0 Å². The number of rotatable bonds is 7. The number of sulfonamides is 1. The molecule has 0 radical (unpaired) electrons. The number of hydrogen-bond acceptors (Lipinski definition) is 6. The first-order valence-electron chi connectivity index (χ1n) is 9.68. The molecule has 2 heterocycles. The molecule has 0 aromatic heterocycles. The Morgan fingerprint density at radius 3 is 2.59 bits per heavy atom. The van der Waals surface area contributed by atoms with E-state index in [-0.39, 0.29) is 36.0 Å². The quantitative estimate of drug-likeness (QED) is 0.663. The van der Waals surface area contributed by atoms with E-state index in [4.69, 9.17) is 9.47 Å². The van der Waals surface area contributed by atoms with E-state index in [1.54, 1.807) is 21.9 Å². The number of nitrogens with one attached hydrogen (secondary N) is 1. The summed E-state index contributed by atoms with van der Waals surface area (Å²) in [6, 6.07) is 6.02. The van der Waals surface area contributed by atoms with Crippen molar-refractivity contribution in [3.8, 4) is 0 Å². The van der Waals surface area contributed by atoms with Crippen molar-refractivity contribution in [2.45, 2.75) is 23.8 Å². The summed E-state index contributed by atoms with van der Waals surface area (Å²) in [5.41, 5.74) is 0.307. The summed E-state index contributed by atoms with van der Waals surface area (Å²) >= 11 is 0. The molecule has 2 saturated heterocycles. The molecule has 0 aliphatic carbocycles. The Bertz CT molecular complexity index is 830. The average molecular weight is 426 g/mol.